The molecule has 162 valence electrons. The van der Waals surface area contributed by atoms with Gasteiger partial charge < -0.3 is 15.5 Å². The van der Waals surface area contributed by atoms with Crippen LogP contribution >= 0.6 is 11.3 Å². The third kappa shape index (κ3) is 5.37. The Kier molecular flexibility index (Phi) is 6.86. The summed E-state index contributed by atoms with van der Waals surface area (Å²) in [4.78, 5) is 39.6. The van der Waals surface area contributed by atoms with Gasteiger partial charge in [-0.25, -0.2) is 0 Å². The van der Waals surface area contributed by atoms with Crippen LogP contribution in [-0.4, -0.2) is 39.4 Å². The van der Waals surface area contributed by atoms with Crippen molar-refractivity contribution in [3.8, 4) is 0 Å². The van der Waals surface area contributed by atoms with Gasteiger partial charge in [0.25, 0.3) is 5.91 Å². The molecule has 8 nitrogen and oxygen atoms in total. The Morgan fingerprint density at radius 3 is 2.45 bits per heavy atom. The van der Waals surface area contributed by atoms with Gasteiger partial charge in [0.05, 0.1) is 4.88 Å². The highest BCUT2D eigenvalue weighted by Gasteiger charge is 2.20. The lowest BCUT2D eigenvalue weighted by molar-refractivity contribution is -0.133. The minimum atomic E-state index is -0.810. The van der Waals surface area contributed by atoms with Gasteiger partial charge in [0.2, 0.25) is 0 Å². The molecule has 3 amide bonds. The zero-order valence-corrected chi connectivity index (χ0v) is 18.7. The van der Waals surface area contributed by atoms with E-state index in [0.717, 1.165) is 11.1 Å². The summed E-state index contributed by atoms with van der Waals surface area (Å²) in [7, 11) is 1.70. The van der Waals surface area contributed by atoms with Crippen LogP contribution in [0.4, 0.5) is 11.5 Å². The molecule has 31 heavy (non-hydrogen) atoms. The number of hydrogen-bond acceptors (Lipinski definition) is 5. The summed E-state index contributed by atoms with van der Waals surface area (Å²) in [6.07, 6.45) is 1.81. The van der Waals surface area contributed by atoms with Crippen LogP contribution in [0.25, 0.3) is 0 Å². The molecule has 2 heterocycles. The Labute approximate surface area is 184 Å². The molecule has 0 bridgehead atoms. The average molecular weight is 440 g/mol. The highest BCUT2D eigenvalue weighted by atomic mass is 32.1. The molecule has 0 spiro atoms. The lowest BCUT2D eigenvalue weighted by atomic mass is 10.1. The molecular formula is C22H25N5O3S. The number of nitrogens with zero attached hydrogens (tertiary/aromatic N) is 3. The minimum Gasteiger partial charge on any atom is -0.337 e. The number of aryl methyl sites for hydroxylation is 1. The first-order valence-corrected chi connectivity index (χ1v) is 10.7. The van der Waals surface area contributed by atoms with Crippen LogP contribution in [-0.2, 0) is 16.1 Å². The van der Waals surface area contributed by atoms with Crippen molar-refractivity contribution in [3.05, 3.63) is 64.0 Å². The third-order valence-corrected chi connectivity index (χ3v) is 5.49. The van der Waals surface area contributed by atoms with Crippen molar-refractivity contribution in [1.82, 2.24) is 14.7 Å². The second kappa shape index (κ2) is 9.57. The van der Waals surface area contributed by atoms with Gasteiger partial charge in [0.15, 0.2) is 5.82 Å². The van der Waals surface area contributed by atoms with Crippen LogP contribution < -0.4 is 10.6 Å². The average Bonchev–Trinajstić information content (AvgIpc) is 3.39. The van der Waals surface area contributed by atoms with Crippen LogP contribution in [0.15, 0.2) is 48.0 Å². The third-order valence-electron chi connectivity index (χ3n) is 4.63. The van der Waals surface area contributed by atoms with Gasteiger partial charge in [-0.05, 0) is 43.8 Å². The normalized spacial score (nSPS) is 10.7. The first kappa shape index (κ1) is 22.2. The number of amides is 3. The van der Waals surface area contributed by atoms with Crippen molar-refractivity contribution < 1.29 is 14.4 Å². The fraction of sp³-hybridized carbons (Fsp3) is 0.273. The first-order chi connectivity index (χ1) is 14.8. The van der Waals surface area contributed by atoms with Crippen molar-refractivity contribution in [1.29, 1.82) is 0 Å². The molecule has 0 saturated heterocycles. The molecule has 0 unspecified atom stereocenters. The van der Waals surface area contributed by atoms with Crippen LogP contribution in [0.5, 0.6) is 0 Å². The second-order valence-corrected chi connectivity index (χ2v) is 8.39. The molecule has 0 aliphatic heterocycles. The number of nitrogens with one attached hydrogen (secondary N) is 2. The molecule has 0 saturated carbocycles. The van der Waals surface area contributed by atoms with Gasteiger partial charge in [0.1, 0.15) is 0 Å². The lowest BCUT2D eigenvalue weighted by Gasteiger charge is -2.19. The first-order valence-electron chi connectivity index (χ1n) is 9.81. The highest BCUT2D eigenvalue weighted by molar-refractivity contribution is 7.12. The number of carbonyl (C=O) groups is 3. The van der Waals surface area contributed by atoms with E-state index in [1.165, 1.54) is 11.3 Å². The summed E-state index contributed by atoms with van der Waals surface area (Å²) in [6, 6.07) is 10.8. The largest absolute Gasteiger partial charge is 0.337 e. The maximum absolute atomic E-state index is 12.5. The quantitative estimate of drug-likeness (QED) is 0.573. The molecule has 2 aromatic heterocycles. The SMILES string of the molecule is Cc1cn(C(C)C)nc1NC(=O)C(=O)Nc1ccccc1CN(C)C(=O)c1cccs1. The van der Waals surface area contributed by atoms with Gasteiger partial charge in [-0.3, -0.25) is 19.1 Å². The van der Waals surface area contributed by atoms with E-state index in [1.807, 2.05) is 44.5 Å². The van der Waals surface area contributed by atoms with Crippen LogP contribution in [0.3, 0.4) is 0 Å². The van der Waals surface area contributed by atoms with Gasteiger partial charge in [0, 0.05) is 37.1 Å². The number of hydrogen-bond donors (Lipinski definition) is 2. The van der Waals surface area contributed by atoms with E-state index in [9.17, 15) is 14.4 Å². The minimum absolute atomic E-state index is 0.106. The Morgan fingerprint density at radius 1 is 1.10 bits per heavy atom. The maximum atomic E-state index is 12.5. The number of rotatable bonds is 6. The zero-order chi connectivity index (χ0) is 22.5. The fourth-order valence-corrected chi connectivity index (χ4v) is 3.63. The summed E-state index contributed by atoms with van der Waals surface area (Å²) >= 11 is 1.37. The van der Waals surface area contributed by atoms with Gasteiger partial charge in [-0.1, -0.05) is 24.3 Å². The molecule has 1 aromatic carbocycles. The summed E-state index contributed by atoms with van der Waals surface area (Å²) in [5.41, 5.74) is 1.96. The molecule has 0 aliphatic carbocycles. The molecular weight excluding hydrogens is 414 g/mol. The molecule has 0 radical (unpaired) electrons. The number of para-hydroxylation sites is 1. The number of anilines is 2. The monoisotopic (exact) mass is 439 g/mol. The summed E-state index contributed by atoms with van der Waals surface area (Å²) in [6.45, 7) is 6.05. The predicted octanol–water partition coefficient (Wildman–Crippen LogP) is 3.68. The Bertz CT molecular complexity index is 1090. The summed E-state index contributed by atoms with van der Waals surface area (Å²) in [5, 5.41) is 11.3. The lowest BCUT2D eigenvalue weighted by Crippen LogP contribution is -2.31. The van der Waals surface area contributed by atoms with E-state index in [2.05, 4.69) is 15.7 Å². The van der Waals surface area contributed by atoms with Crippen molar-refractivity contribution in [3.63, 3.8) is 0 Å². The van der Waals surface area contributed by atoms with E-state index in [1.54, 1.807) is 40.9 Å². The maximum Gasteiger partial charge on any atom is 0.315 e. The van der Waals surface area contributed by atoms with Crippen LogP contribution in [0.2, 0.25) is 0 Å². The standard InChI is InChI=1S/C22H25N5O3S/c1-14(2)27-12-15(3)19(25-27)24-21(29)20(28)23-17-9-6-5-8-16(17)13-26(4)22(30)18-10-7-11-31-18/h5-12,14H,13H2,1-4H3,(H,23,28)(H,24,25,29). The number of carbonyl (C=O) groups excluding carboxylic acids is 3. The van der Waals surface area contributed by atoms with Gasteiger partial charge in [-0.15, -0.1) is 11.3 Å². The van der Waals surface area contributed by atoms with E-state index >= 15 is 0 Å². The van der Waals surface area contributed by atoms with Crippen molar-refractivity contribution in [2.75, 3.05) is 17.7 Å². The fourth-order valence-electron chi connectivity index (χ4n) is 2.91. The Morgan fingerprint density at radius 2 is 1.81 bits per heavy atom. The van der Waals surface area contributed by atoms with E-state index in [-0.39, 0.29) is 18.5 Å². The second-order valence-electron chi connectivity index (χ2n) is 7.44. The molecule has 0 atom stereocenters. The smallest absolute Gasteiger partial charge is 0.315 e. The number of aromatic nitrogens is 2. The van der Waals surface area contributed by atoms with E-state index in [4.69, 9.17) is 0 Å². The van der Waals surface area contributed by atoms with Crippen LogP contribution in [0.1, 0.15) is 40.7 Å². The van der Waals surface area contributed by atoms with Crippen molar-refractivity contribution in [2.24, 2.45) is 0 Å². The Hall–Kier alpha value is -3.46. The van der Waals surface area contributed by atoms with E-state index in [0.29, 0.717) is 16.4 Å². The molecule has 2 N–H and O–H groups in total. The zero-order valence-electron chi connectivity index (χ0n) is 17.9. The van der Waals surface area contributed by atoms with Gasteiger partial charge >= 0.3 is 11.8 Å². The van der Waals surface area contributed by atoms with Crippen LogP contribution in [0, 0.1) is 6.92 Å². The number of benzene rings is 1. The van der Waals surface area contributed by atoms with Crippen molar-refractivity contribution in [2.45, 2.75) is 33.4 Å². The van der Waals surface area contributed by atoms with E-state index < -0.39 is 11.8 Å². The highest BCUT2D eigenvalue weighted by Crippen LogP contribution is 2.20. The summed E-state index contributed by atoms with van der Waals surface area (Å²) in [5.74, 6) is -1.37. The predicted molar refractivity (Wildman–Crippen MR) is 121 cm³/mol. The molecule has 0 fully saturated rings. The van der Waals surface area contributed by atoms with Gasteiger partial charge in [-0.2, -0.15) is 5.10 Å². The number of thiophene rings is 1. The molecule has 3 rings (SSSR count). The molecule has 9 heteroatoms. The topological polar surface area (TPSA) is 96.3 Å². The molecule has 0 aliphatic rings. The van der Waals surface area contributed by atoms with Crippen molar-refractivity contribution >= 4 is 40.6 Å². The molecule has 3 aromatic rings. The Balaban J connectivity index is 1.67. The summed E-state index contributed by atoms with van der Waals surface area (Å²) < 4.78 is 1.72.